The van der Waals surface area contributed by atoms with Crippen LogP contribution in [0, 0.1) is 0 Å². The van der Waals surface area contributed by atoms with Crippen molar-refractivity contribution in [3.05, 3.63) is 0 Å². The Hall–Kier alpha value is 2.30. The molecule has 0 aliphatic rings. The first-order chi connectivity index (χ1) is 4.54. The summed E-state index contributed by atoms with van der Waals surface area (Å²) in [6.45, 7) is 0. The fourth-order valence-electron chi connectivity index (χ4n) is 0. The third-order valence-corrected chi connectivity index (χ3v) is 1.00. The molecule has 0 aromatic heterocycles. The third kappa shape index (κ3) is 39.6. The Labute approximate surface area is 117 Å². The van der Waals surface area contributed by atoms with E-state index in [2.05, 4.69) is 9.05 Å². The van der Waals surface area contributed by atoms with Crippen LogP contribution < -0.4 is 68.9 Å². The molecule has 0 aromatic carbocycles. The first kappa shape index (κ1) is 23.8. The normalized spacial score (nSPS) is 12.3. The summed E-state index contributed by atoms with van der Waals surface area (Å²) in [5, 5.41) is 0. The van der Waals surface area contributed by atoms with E-state index in [0.717, 1.165) is 14.2 Å². The third-order valence-electron chi connectivity index (χ3n) is 0.333. The summed E-state index contributed by atoms with van der Waals surface area (Å²) in [6.07, 6.45) is 0. The van der Waals surface area contributed by atoms with E-state index in [1.807, 2.05) is 0 Å². The summed E-state index contributed by atoms with van der Waals surface area (Å²) >= 11 is 0. The molecule has 6 nitrogen and oxygen atoms in total. The van der Waals surface area contributed by atoms with Gasteiger partial charge in [0, 0.05) is 14.2 Å². The van der Waals surface area contributed by atoms with Gasteiger partial charge in [-0.1, -0.05) is 0 Å². The van der Waals surface area contributed by atoms with E-state index in [1.165, 1.54) is 0 Å². The molecular formula is C2H8Na2O6P2. The predicted octanol–water partition coefficient (Wildman–Crippen LogP) is -7.23. The van der Waals surface area contributed by atoms with Gasteiger partial charge in [0.25, 0.3) is 0 Å². The van der Waals surface area contributed by atoms with E-state index < -0.39 is 16.5 Å². The van der Waals surface area contributed by atoms with Crippen molar-refractivity contribution in [3.63, 3.8) is 0 Å². The molecule has 0 saturated heterocycles. The maximum Gasteiger partial charge on any atom is 1.00 e. The van der Waals surface area contributed by atoms with E-state index in [1.54, 1.807) is 0 Å². The van der Waals surface area contributed by atoms with Crippen molar-refractivity contribution in [2.75, 3.05) is 14.2 Å². The molecule has 0 aromatic rings. The van der Waals surface area contributed by atoms with Gasteiger partial charge in [-0.15, -0.1) is 0 Å². The molecular weight excluding hydrogens is 228 g/mol. The summed E-state index contributed by atoms with van der Waals surface area (Å²) in [5.74, 6) is 0. The molecule has 2 atom stereocenters. The minimum absolute atomic E-state index is 0. The van der Waals surface area contributed by atoms with Crippen LogP contribution in [-0.4, -0.2) is 14.2 Å². The summed E-state index contributed by atoms with van der Waals surface area (Å²) in [7, 11) is -3.51. The zero-order valence-electron chi connectivity index (χ0n) is 7.45. The van der Waals surface area contributed by atoms with Gasteiger partial charge in [-0.25, -0.2) is 0 Å². The van der Waals surface area contributed by atoms with Crippen LogP contribution in [0.15, 0.2) is 0 Å². The fraction of sp³-hybridized carbons (Fsp3) is 1.00. The monoisotopic (exact) mass is 236 g/mol. The second kappa shape index (κ2) is 19.0. The quantitative estimate of drug-likeness (QED) is 0.349. The molecule has 0 bridgehead atoms. The van der Waals surface area contributed by atoms with Crippen molar-refractivity contribution in [1.29, 1.82) is 0 Å². The van der Waals surface area contributed by atoms with Gasteiger partial charge < -0.3 is 28.0 Å². The first-order valence-electron chi connectivity index (χ1n) is 2.04. The molecule has 0 heterocycles. The summed E-state index contributed by atoms with van der Waals surface area (Å²) in [6, 6.07) is 0. The number of rotatable bonds is 2. The van der Waals surface area contributed by atoms with Gasteiger partial charge in [0.05, 0.1) is 0 Å². The Morgan fingerprint density at radius 2 is 1.00 bits per heavy atom. The zero-order valence-corrected chi connectivity index (χ0v) is 13.4. The predicted molar refractivity (Wildman–Crippen MR) is 32.0 cm³/mol. The van der Waals surface area contributed by atoms with Gasteiger partial charge >= 0.3 is 59.1 Å². The van der Waals surface area contributed by atoms with Gasteiger partial charge in [0.1, 0.15) is 16.5 Å². The minimum atomic E-state index is -2.87. The molecule has 10 heteroatoms. The zero-order chi connectivity index (χ0) is 8.57. The first-order valence-corrected chi connectivity index (χ1v) is 4.49. The van der Waals surface area contributed by atoms with Crippen LogP contribution in [-0.2, 0) is 18.2 Å². The van der Waals surface area contributed by atoms with Gasteiger partial charge in [-0.3, -0.25) is 0 Å². The van der Waals surface area contributed by atoms with Gasteiger partial charge in [-0.05, 0) is 0 Å². The Kier molecular flexibility index (Phi) is 37.7. The minimum Gasteiger partial charge on any atom is -0.781 e. The van der Waals surface area contributed by atoms with Crippen LogP contribution in [0.4, 0.5) is 0 Å². The average Bonchev–Trinajstić information content (AvgIpc) is 1.89. The van der Waals surface area contributed by atoms with Crippen molar-refractivity contribution in [1.82, 2.24) is 0 Å². The van der Waals surface area contributed by atoms with Crippen molar-refractivity contribution < 1.29 is 87.1 Å². The molecule has 0 amide bonds. The molecule has 12 heavy (non-hydrogen) atoms. The Bertz CT molecular complexity index is 106. The molecule has 0 fully saturated rings. The van der Waals surface area contributed by atoms with E-state index in [0.29, 0.717) is 0 Å². The summed E-state index contributed by atoms with van der Waals surface area (Å²) < 4.78 is 25.9. The largest absolute Gasteiger partial charge is 1.00 e. The molecule has 2 unspecified atom stereocenters. The topological polar surface area (TPSA) is 98.7 Å². The maximum atomic E-state index is 9.22. The molecule has 0 N–H and O–H groups in total. The SMILES string of the molecule is CO[PH](=O)[O-].CO[PH](=O)[O-].[Na+].[Na+]. The second-order valence-electron chi connectivity index (χ2n) is 0.908. The molecule has 64 valence electrons. The standard InChI is InChI=1S/2CH5O3P.2Na/c2*1-4-5(2)3;;/h2*5H,1H3,(H,2,3);;/q;;2*+1/p-2. The van der Waals surface area contributed by atoms with Crippen molar-refractivity contribution >= 4 is 16.5 Å². The second-order valence-corrected chi connectivity index (χ2v) is 2.72. The Balaban J connectivity index is -0.0000000457. The average molecular weight is 236 g/mol. The van der Waals surface area contributed by atoms with E-state index in [-0.39, 0.29) is 59.1 Å². The molecule has 0 aliphatic carbocycles. The fourth-order valence-corrected chi connectivity index (χ4v) is 0. The van der Waals surface area contributed by atoms with Crippen molar-refractivity contribution in [3.8, 4) is 0 Å². The molecule has 0 rings (SSSR count). The van der Waals surface area contributed by atoms with Crippen LogP contribution in [0.1, 0.15) is 0 Å². The smallest absolute Gasteiger partial charge is 0.781 e. The summed E-state index contributed by atoms with van der Waals surface area (Å²) in [5.41, 5.74) is 0. The van der Waals surface area contributed by atoms with Crippen LogP contribution in [0.5, 0.6) is 0 Å². The van der Waals surface area contributed by atoms with Crippen molar-refractivity contribution in [2.24, 2.45) is 0 Å². The molecule has 0 radical (unpaired) electrons. The maximum absolute atomic E-state index is 9.22. The Morgan fingerprint density at radius 1 is 0.917 bits per heavy atom. The van der Waals surface area contributed by atoms with Gasteiger partial charge in [0.15, 0.2) is 0 Å². The van der Waals surface area contributed by atoms with Crippen molar-refractivity contribution in [2.45, 2.75) is 0 Å². The van der Waals surface area contributed by atoms with Crippen LogP contribution in [0.25, 0.3) is 0 Å². The molecule has 0 saturated carbocycles. The van der Waals surface area contributed by atoms with E-state index in [4.69, 9.17) is 0 Å². The summed E-state index contributed by atoms with van der Waals surface area (Å²) in [4.78, 5) is 18.4. The van der Waals surface area contributed by atoms with Gasteiger partial charge in [-0.2, -0.15) is 0 Å². The molecule has 0 aliphatic heterocycles. The van der Waals surface area contributed by atoms with Crippen LogP contribution >= 0.6 is 16.5 Å². The number of hydrogen-bond donors (Lipinski definition) is 0. The van der Waals surface area contributed by atoms with Gasteiger partial charge in [0.2, 0.25) is 0 Å². The Morgan fingerprint density at radius 3 is 1.00 bits per heavy atom. The number of hydrogen-bond acceptors (Lipinski definition) is 6. The van der Waals surface area contributed by atoms with Crippen LogP contribution in [0.2, 0.25) is 0 Å². The van der Waals surface area contributed by atoms with E-state index >= 15 is 0 Å². The molecule has 0 spiro atoms. The van der Waals surface area contributed by atoms with Crippen LogP contribution in [0.3, 0.4) is 0 Å². The van der Waals surface area contributed by atoms with E-state index in [9.17, 15) is 18.9 Å².